The van der Waals surface area contributed by atoms with Crippen molar-refractivity contribution in [3.63, 3.8) is 0 Å². The molecule has 0 unspecified atom stereocenters. The lowest BCUT2D eigenvalue weighted by Crippen LogP contribution is -2.54. The number of aryl methyl sites for hydroxylation is 1. The molecule has 0 aliphatic carbocycles. The standard InChI is InChI=1S/C21H18N2O5S/c1-3-12-4-6-14(7-5-12)23-20(25)15(19(24)22-21(23)29)8-13-9-17-18(28-11-27-17)10-16(13)26-2/h4-10H,3,11H2,1-2H3,(H,22,24,29)/b15-8+. The summed E-state index contributed by atoms with van der Waals surface area (Å²) in [6.07, 6.45) is 2.35. The molecule has 2 aromatic carbocycles. The highest BCUT2D eigenvalue weighted by molar-refractivity contribution is 7.80. The van der Waals surface area contributed by atoms with Gasteiger partial charge in [-0.05, 0) is 48.5 Å². The molecule has 0 bridgehead atoms. The first-order chi connectivity index (χ1) is 14.0. The second-order valence-corrected chi connectivity index (χ2v) is 6.81. The van der Waals surface area contributed by atoms with Gasteiger partial charge >= 0.3 is 0 Å². The molecule has 2 aromatic rings. The molecule has 0 spiro atoms. The number of methoxy groups -OCH3 is 1. The molecule has 148 valence electrons. The Kier molecular flexibility index (Phi) is 4.94. The predicted molar refractivity (Wildman–Crippen MR) is 111 cm³/mol. The molecular formula is C21H18N2O5S. The molecule has 1 N–H and O–H groups in total. The van der Waals surface area contributed by atoms with Gasteiger partial charge in [-0.25, -0.2) is 0 Å². The van der Waals surface area contributed by atoms with Crippen LogP contribution in [0.4, 0.5) is 5.69 Å². The first kappa shape index (κ1) is 18.9. The summed E-state index contributed by atoms with van der Waals surface area (Å²) in [6.45, 7) is 2.15. The second-order valence-electron chi connectivity index (χ2n) is 6.43. The highest BCUT2D eigenvalue weighted by Gasteiger charge is 2.35. The fourth-order valence-electron chi connectivity index (χ4n) is 3.16. The zero-order valence-electron chi connectivity index (χ0n) is 15.9. The van der Waals surface area contributed by atoms with Crippen LogP contribution in [0.2, 0.25) is 0 Å². The molecule has 1 fully saturated rings. The van der Waals surface area contributed by atoms with Crippen LogP contribution >= 0.6 is 12.2 Å². The van der Waals surface area contributed by atoms with E-state index in [1.807, 2.05) is 19.1 Å². The molecule has 2 aliphatic rings. The summed E-state index contributed by atoms with van der Waals surface area (Å²) in [5.41, 5.74) is 2.18. The van der Waals surface area contributed by atoms with Gasteiger partial charge < -0.3 is 14.2 Å². The highest BCUT2D eigenvalue weighted by Crippen LogP contribution is 2.39. The maximum absolute atomic E-state index is 13.2. The van der Waals surface area contributed by atoms with Gasteiger partial charge in [0.05, 0.1) is 12.8 Å². The second kappa shape index (κ2) is 7.56. The van der Waals surface area contributed by atoms with E-state index < -0.39 is 11.8 Å². The van der Waals surface area contributed by atoms with Crippen LogP contribution in [-0.2, 0) is 16.0 Å². The predicted octanol–water partition coefficient (Wildman–Crippen LogP) is 2.82. The van der Waals surface area contributed by atoms with E-state index in [0.29, 0.717) is 28.5 Å². The van der Waals surface area contributed by atoms with Crippen LogP contribution in [-0.4, -0.2) is 30.8 Å². The molecule has 0 aromatic heterocycles. The molecular weight excluding hydrogens is 392 g/mol. The van der Waals surface area contributed by atoms with Crippen molar-refractivity contribution in [2.45, 2.75) is 13.3 Å². The molecule has 8 heteroatoms. The molecule has 29 heavy (non-hydrogen) atoms. The number of nitrogens with one attached hydrogen (secondary N) is 1. The Bertz CT molecular complexity index is 1050. The number of anilines is 1. The van der Waals surface area contributed by atoms with Crippen molar-refractivity contribution in [3.8, 4) is 17.2 Å². The summed E-state index contributed by atoms with van der Waals surface area (Å²) >= 11 is 5.24. The van der Waals surface area contributed by atoms with Gasteiger partial charge in [-0.1, -0.05) is 19.1 Å². The van der Waals surface area contributed by atoms with Crippen molar-refractivity contribution in [2.75, 3.05) is 18.8 Å². The minimum Gasteiger partial charge on any atom is -0.496 e. The molecule has 2 amide bonds. The minimum atomic E-state index is -0.568. The first-order valence-corrected chi connectivity index (χ1v) is 9.40. The average Bonchev–Trinajstić information content (AvgIpc) is 3.18. The summed E-state index contributed by atoms with van der Waals surface area (Å²) in [6, 6.07) is 10.8. The van der Waals surface area contributed by atoms with Gasteiger partial charge in [0.25, 0.3) is 11.8 Å². The Morgan fingerprint density at radius 2 is 1.86 bits per heavy atom. The number of ether oxygens (including phenoxy) is 3. The van der Waals surface area contributed by atoms with Crippen LogP contribution in [0.5, 0.6) is 17.2 Å². The number of carbonyl (C=O) groups is 2. The molecule has 2 aliphatic heterocycles. The SMILES string of the molecule is CCc1ccc(N2C(=O)/C(=C/c3cc4c(cc3OC)OCO4)C(=O)NC2=S)cc1. The highest BCUT2D eigenvalue weighted by atomic mass is 32.1. The van der Waals surface area contributed by atoms with Crippen LogP contribution in [0.3, 0.4) is 0 Å². The number of nitrogens with zero attached hydrogens (tertiary/aromatic N) is 1. The summed E-state index contributed by atoms with van der Waals surface area (Å²) in [5.74, 6) is 0.435. The number of hydrogen-bond donors (Lipinski definition) is 1. The largest absolute Gasteiger partial charge is 0.496 e. The minimum absolute atomic E-state index is 0.0408. The lowest BCUT2D eigenvalue weighted by Gasteiger charge is -2.29. The van der Waals surface area contributed by atoms with E-state index in [1.54, 1.807) is 24.3 Å². The van der Waals surface area contributed by atoms with E-state index >= 15 is 0 Å². The number of fused-ring (bicyclic) bond motifs is 1. The van der Waals surface area contributed by atoms with Gasteiger partial charge in [-0.15, -0.1) is 0 Å². The van der Waals surface area contributed by atoms with Crippen molar-refractivity contribution in [1.82, 2.24) is 5.32 Å². The third kappa shape index (κ3) is 3.42. The summed E-state index contributed by atoms with van der Waals surface area (Å²) in [7, 11) is 1.50. The number of carbonyl (C=O) groups excluding carboxylic acids is 2. The normalized spacial score (nSPS) is 17.0. The summed E-state index contributed by atoms with van der Waals surface area (Å²) in [4.78, 5) is 27.0. The maximum atomic E-state index is 13.2. The number of hydrogen-bond acceptors (Lipinski definition) is 6. The average molecular weight is 410 g/mol. The van der Waals surface area contributed by atoms with Crippen molar-refractivity contribution in [3.05, 3.63) is 53.1 Å². The van der Waals surface area contributed by atoms with E-state index in [4.69, 9.17) is 26.4 Å². The monoisotopic (exact) mass is 410 g/mol. The van der Waals surface area contributed by atoms with E-state index in [0.717, 1.165) is 12.0 Å². The molecule has 4 rings (SSSR count). The lowest BCUT2D eigenvalue weighted by molar-refractivity contribution is -0.122. The van der Waals surface area contributed by atoms with E-state index in [-0.39, 0.29) is 17.5 Å². The number of benzene rings is 2. The van der Waals surface area contributed by atoms with Gasteiger partial charge in [-0.2, -0.15) is 0 Å². The van der Waals surface area contributed by atoms with Crippen molar-refractivity contribution < 1.29 is 23.8 Å². The van der Waals surface area contributed by atoms with E-state index in [2.05, 4.69) is 5.32 Å². The molecule has 0 saturated carbocycles. The summed E-state index contributed by atoms with van der Waals surface area (Å²) < 4.78 is 16.1. The van der Waals surface area contributed by atoms with Gasteiger partial charge in [0, 0.05) is 11.6 Å². The third-order valence-electron chi connectivity index (χ3n) is 4.73. The van der Waals surface area contributed by atoms with Crippen LogP contribution in [0, 0.1) is 0 Å². The van der Waals surface area contributed by atoms with E-state index in [1.165, 1.54) is 18.1 Å². The lowest BCUT2D eigenvalue weighted by atomic mass is 10.0. The fraction of sp³-hybridized carbons (Fsp3) is 0.190. The molecule has 2 heterocycles. The Morgan fingerprint density at radius 1 is 1.17 bits per heavy atom. The van der Waals surface area contributed by atoms with Crippen LogP contribution in [0.15, 0.2) is 42.0 Å². The van der Waals surface area contributed by atoms with Crippen molar-refractivity contribution in [2.24, 2.45) is 0 Å². The van der Waals surface area contributed by atoms with Gasteiger partial charge in [0.1, 0.15) is 11.3 Å². The topological polar surface area (TPSA) is 77.1 Å². The fourth-order valence-corrected chi connectivity index (χ4v) is 3.44. The van der Waals surface area contributed by atoms with Gasteiger partial charge in [0.15, 0.2) is 16.6 Å². The van der Waals surface area contributed by atoms with Crippen molar-refractivity contribution >= 4 is 40.9 Å². The number of thiocarbonyl (C=S) groups is 1. The smallest absolute Gasteiger partial charge is 0.270 e. The van der Waals surface area contributed by atoms with Crippen LogP contribution in [0.25, 0.3) is 6.08 Å². The number of rotatable bonds is 4. The Labute approximate surface area is 172 Å². The van der Waals surface area contributed by atoms with Crippen molar-refractivity contribution in [1.29, 1.82) is 0 Å². The molecule has 7 nitrogen and oxygen atoms in total. The number of amides is 2. The van der Waals surface area contributed by atoms with Crippen LogP contribution in [0.1, 0.15) is 18.1 Å². The van der Waals surface area contributed by atoms with Gasteiger partial charge in [0.2, 0.25) is 6.79 Å². The maximum Gasteiger partial charge on any atom is 0.270 e. The quantitative estimate of drug-likeness (QED) is 0.475. The summed E-state index contributed by atoms with van der Waals surface area (Å²) in [5, 5.41) is 2.62. The van der Waals surface area contributed by atoms with Gasteiger partial charge in [-0.3, -0.25) is 19.8 Å². The Morgan fingerprint density at radius 3 is 2.52 bits per heavy atom. The molecule has 0 radical (unpaired) electrons. The first-order valence-electron chi connectivity index (χ1n) is 9.00. The molecule has 0 atom stereocenters. The molecule has 1 saturated heterocycles. The zero-order valence-corrected chi connectivity index (χ0v) is 16.7. The third-order valence-corrected chi connectivity index (χ3v) is 5.01. The zero-order chi connectivity index (χ0) is 20.5. The Hall–Kier alpha value is -3.39. The van der Waals surface area contributed by atoms with Crippen LogP contribution < -0.4 is 24.4 Å². The Balaban J connectivity index is 1.74. The van der Waals surface area contributed by atoms with E-state index in [9.17, 15) is 9.59 Å².